The predicted molar refractivity (Wildman–Crippen MR) is 55.1 cm³/mol. The van der Waals surface area contributed by atoms with Gasteiger partial charge in [-0.15, -0.1) is 13.2 Å². The molecule has 1 aromatic heterocycles. The van der Waals surface area contributed by atoms with Crippen LogP contribution in [0.5, 0.6) is 11.6 Å². The molecule has 0 radical (unpaired) electrons. The van der Waals surface area contributed by atoms with Crippen LogP contribution in [0, 0.1) is 0 Å². The highest BCUT2D eigenvalue weighted by Crippen LogP contribution is 2.41. The number of hydrogen-bond donors (Lipinski definition) is 0. The number of rotatable bonds is 4. The first-order valence-corrected chi connectivity index (χ1v) is 5.58. The number of aromatic nitrogens is 1. The maximum absolute atomic E-state index is 12.8. The van der Waals surface area contributed by atoms with Crippen LogP contribution in [0.2, 0.25) is 0 Å². The van der Waals surface area contributed by atoms with E-state index in [1.807, 2.05) is 0 Å². The molecule has 1 heterocycles. The fraction of sp³-hybridized carbons (Fsp3) is 0.444. The topological polar surface area (TPSA) is 31.4 Å². The SMILES string of the molecule is COc1ncc(CBr)c(C(F)F)c1OC(F)(F)F. The molecule has 0 amide bonds. The maximum Gasteiger partial charge on any atom is 0.573 e. The third-order valence-corrected chi connectivity index (χ3v) is 2.50. The summed E-state index contributed by atoms with van der Waals surface area (Å²) in [5, 5.41) is -0.0854. The van der Waals surface area contributed by atoms with Crippen LogP contribution < -0.4 is 9.47 Å². The van der Waals surface area contributed by atoms with Gasteiger partial charge < -0.3 is 9.47 Å². The van der Waals surface area contributed by atoms with Crippen molar-refractivity contribution in [2.75, 3.05) is 7.11 Å². The quantitative estimate of drug-likeness (QED) is 0.619. The molecule has 0 saturated heterocycles. The number of ether oxygens (including phenoxy) is 2. The van der Waals surface area contributed by atoms with Gasteiger partial charge in [0.25, 0.3) is 12.3 Å². The third-order valence-electron chi connectivity index (χ3n) is 1.90. The molecule has 0 fully saturated rings. The van der Waals surface area contributed by atoms with E-state index in [4.69, 9.17) is 0 Å². The zero-order valence-electron chi connectivity index (χ0n) is 8.89. The number of methoxy groups -OCH3 is 1. The monoisotopic (exact) mass is 335 g/mol. The molecule has 0 atom stereocenters. The van der Waals surface area contributed by atoms with Crippen molar-refractivity contribution in [1.29, 1.82) is 0 Å². The van der Waals surface area contributed by atoms with E-state index in [1.165, 1.54) is 0 Å². The van der Waals surface area contributed by atoms with Gasteiger partial charge in [-0.1, -0.05) is 15.9 Å². The highest BCUT2D eigenvalue weighted by atomic mass is 79.9. The first kappa shape index (κ1) is 14.9. The van der Waals surface area contributed by atoms with Crippen LogP contribution in [-0.2, 0) is 5.33 Å². The fourth-order valence-corrected chi connectivity index (χ4v) is 1.68. The molecule has 102 valence electrons. The molecule has 0 unspecified atom stereocenters. The van der Waals surface area contributed by atoms with Gasteiger partial charge in [-0.05, 0) is 5.56 Å². The van der Waals surface area contributed by atoms with Crippen LogP contribution >= 0.6 is 15.9 Å². The number of alkyl halides is 6. The van der Waals surface area contributed by atoms with Crippen LogP contribution in [0.4, 0.5) is 22.0 Å². The van der Waals surface area contributed by atoms with Gasteiger partial charge in [0.2, 0.25) is 5.75 Å². The van der Waals surface area contributed by atoms with Gasteiger partial charge in [0, 0.05) is 11.5 Å². The summed E-state index contributed by atoms with van der Waals surface area (Å²) in [6.07, 6.45) is -7.26. The molecular formula is C9H7BrF5NO2. The smallest absolute Gasteiger partial charge is 0.478 e. The first-order valence-electron chi connectivity index (χ1n) is 4.45. The van der Waals surface area contributed by atoms with Crippen molar-refractivity contribution in [1.82, 2.24) is 4.98 Å². The van der Waals surface area contributed by atoms with E-state index in [-0.39, 0.29) is 10.9 Å². The minimum absolute atomic E-state index is 0.0854. The summed E-state index contributed by atoms with van der Waals surface area (Å²) in [6.45, 7) is 0. The van der Waals surface area contributed by atoms with Crippen molar-refractivity contribution < 1.29 is 31.4 Å². The Balaban J connectivity index is 3.40. The lowest BCUT2D eigenvalue weighted by atomic mass is 10.1. The Morgan fingerprint density at radius 3 is 2.39 bits per heavy atom. The van der Waals surface area contributed by atoms with Gasteiger partial charge in [0.15, 0.2) is 0 Å². The second-order valence-electron chi connectivity index (χ2n) is 3.02. The van der Waals surface area contributed by atoms with Crippen LogP contribution in [0.25, 0.3) is 0 Å². The highest BCUT2D eigenvalue weighted by Gasteiger charge is 2.36. The van der Waals surface area contributed by atoms with Crippen LogP contribution in [-0.4, -0.2) is 18.5 Å². The van der Waals surface area contributed by atoms with Crippen molar-refractivity contribution >= 4 is 15.9 Å². The van der Waals surface area contributed by atoms with Crippen LogP contribution in [0.1, 0.15) is 17.6 Å². The molecule has 3 nitrogen and oxygen atoms in total. The molecule has 0 aliphatic rings. The lowest BCUT2D eigenvalue weighted by molar-refractivity contribution is -0.275. The summed E-state index contributed by atoms with van der Waals surface area (Å²) >= 11 is 2.89. The molecule has 9 heteroatoms. The molecule has 1 rings (SSSR count). The fourth-order valence-electron chi connectivity index (χ4n) is 1.23. The Hall–Kier alpha value is -1.12. The normalized spacial score (nSPS) is 11.8. The van der Waals surface area contributed by atoms with E-state index >= 15 is 0 Å². The van der Waals surface area contributed by atoms with Crippen LogP contribution in [0.15, 0.2) is 6.20 Å². The minimum Gasteiger partial charge on any atom is -0.478 e. The van der Waals surface area contributed by atoms with Crippen molar-refractivity contribution in [2.45, 2.75) is 18.1 Å². The van der Waals surface area contributed by atoms with E-state index in [9.17, 15) is 22.0 Å². The molecule has 0 bridgehead atoms. The average Bonchev–Trinajstić information content (AvgIpc) is 2.25. The van der Waals surface area contributed by atoms with Crippen molar-refractivity contribution in [3.63, 3.8) is 0 Å². The Bertz CT molecular complexity index is 424. The van der Waals surface area contributed by atoms with E-state index in [0.29, 0.717) is 0 Å². The minimum atomic E-state index is -5.11. The van der Waals surface area contributed by atoms with E-state index in [2.05, 4.69) is 30.4 Å². The summed E-state index contributed by atoms with van der Waals surface area (Å²) in [5.74, 6) is -1.76. The maximum atomic E-state index is 12.8. The second kappa shape index (κ2) is 5.68. The van der Waals surface area contributed by atoms with E-state index in [1.54, 1.807) is 0 Å². The Labute approximate surface area is 107 Å². The van der Waals surface area contributed by atoms with Crippen molar-refractivity contribution in [3.05, 3.63) is 17.3 Å². The number of halogens is 6. The molecule has 1 aromatic rings. The zero-order valence-corrected chi connectivity index (χ0v) is 10.5. The molecule has 0 spiro atoms. The van der Waals surface area contributed by atoms with Gasteiger partial charge in [-0.2, -0.15) is 0 Å². The Morgan fingerprint density at radius 1 is 1.39 bits per heavy atom. The Kier molecular flexibility index (Phi) is 4.71. The summed E-state index contributed by atoms with van der Waals surface area (Å²) in [6, 6.07) is 0. The number of hydrogen-bond acceptors (Lipinski definition) is 3. The second-order valence-corrected chi connectivity index (χ2v) is 3.58. The Morgan fingerprint density at radius 2 is 2.00 bits per heavy atom. The van der Waals surface area contributed by atoms with Crippen LogP contribution in [0.3, 0.4) is 0 Å². The summed E-state index contributed by atoms with van der Waals surface area (Å²) in [5.41, 5.74) is -0.999. The lowest BCUT2D eigenvalue weighted by Gasteiger charge is -2.17. The summed E-state index contributed by atoms with van der Waals surface area (Å²) in [7, 11) is 1.01. The molecule has 0 aliphatic heterocycles. The van der Waals surface area contributed by atoms with Gasteiger partial charge >= 0.3 is 6.36 Å². The zero-order chi connectivity index (χ0) is 13.9. The van der Waals surface area contributed by atoms with Crippen molar-refractivity contribution in [2.24, 2.45) is 0 Å². The molecular weight excluding hydrogens is 329 g/mol. The third kappa shape index (κ3) is 3.44. The lowest BCUT2D eigenvalue weighted by Crippen LogP contribution is -2.19. The number of pyridine rings is 1. The summed E-state index contributed by atoms with van der Waals surface area (Å²) < 4.78 is 70.2. The van der Waals surface area contributed by atoms with Crippen molar-refractivity contribution in [3.8, 4) is 11.6 Å². The van der Waals surface area contributed by atoms with Gasteiger partial charge in [-0.25, -0.2) is 13.8 Å². The molecule has 0 aliphatic carbocycles. The molecule has 0 saturated carbocycles. The molecule has 0 N–H and O–H groups in total. The molecule has 0 aromatic carbocycles. The predicted octanol–water partition coefficient (Wildman–Crippen LogP) is 3.82. The standard InChI is InChI=1S/C9H7BrF5NO2/c1-17-8-6(18-9(13,14)15)5(7(11)12)4(2-10)3-16-8/h3,7H,2H2,1H3. The van der Waals surface area contributed by atoms with Gasteiger partial charge in [0.05, 0.1) is 12.7 Å². The van der Waals surface area contributed by atoms with Gasteiger partial charge in [-0.3, -0.25) is 0 Å². The van der Waals surface area contributed by atoms with E-state index < -0.39 is 30.0 Å². The number of nitrogens with zero attached hydrogens (tertiary/aromatic N) is 1. The highest BCUT2D eigenvalue weighted by molar-refractivity contribution is 9.08. The molecule has 18 heavy (non-hydrogen) atoms. The van der Waals surface area contributed by atoms with Gasteiger partial charge in [0.1, 0.15) is 0 Å². The summed E-state index contributed by atoms with van der Waals surface area (Å²) in [4.78, 5) is 3.48. The van der Waals surface area contributed by atoms with E-state index in [0.717, 1.165) is 13.3 Å². The first-order chi connectivity index (χ1) is 8.30. The average molecular weight is 336 g/mol. The largest absolute Gasteiger partial charge is 0.573 e.